The predicted molar refractivity (Wildman–Crippen MR) is 153 cm³/mol. The van der Waals surface area contributed by atoms with Crippen LogP contribution in [0.2, 0.25) is 0 Å². The van der Waals surface area contributed by atoms with E-state index in [1.54, 1.807) is 0 Å². The molecule has 0 aliphatic heterocycles. The standard InChI is InChI=1S/C15H13BF9N6.C10H10BF6N4.Co/c1-7-4-12(15(23,24)25)31(26-7)16(29-8(2)5-10(27-29)13(17,18)19)30-9(3)6-11(28-30)14(20,21)22;1-5-3-7(9(12,13)14)18-20(5)11-21-6(2)4-8(19-21)10(15,16)17;/h4-6,16H,1-3H3;3-4H,11H2,1-2H3;/q2*-1;+2. The van der Waals surface area contributed by atoms with Crippen LogP contribution in [0.4, 0.5) is 65.9 Å². The molecule has 0 spiro atoms. The number of nitrogens with zero attached hydrogens (tertiary/aromatic N) is 10. The first kappa shape index (κ1) is 43.0. The van der Waals surface area contributed by atoms with Crippen LogP contribution in [-0.4, -0.2) is 63.1 Å². The fourth-order valence-corrected chi connectivity index (χ4v) is 5.22. The van der Waals surface area contributed by atoms with Crippen molar-refractivity contribution >= 4 is 14.7 Å². The molecule has 53 heavy (non-hydrogen) atoms. The van der Waals surface area contributed by atoms with Crippen LogP contribution in [0.5, 0.6) is 0 Å². The fourth-order valence-electron chi connectivity index (χ4n) is 5.22. The summed E-state index contributed by atoms with van der Waals surface area (Å²) in [6, 6.07) is 3.49. The van der Waals surface area contributed by atoms with Gasteiger partial charge in [0.1, 0.15) is 5.69 Å². The number of aromatic nitrogens is 10. The summed E-state index contributed by atoms with van der Waals surface area (Å²) in [7, 11) is -4.77. The molecule has 1 radical (unpaired) electrons. The van der Waals surface area contributed by atoms with E-state index in [-0.39, 0.29) is 45.2 Å². The number of hydrogen-bond donors (Lipinski definition) is 0. The van der Waals surface area contributed by atoms with Crippen molar-refractivity contribution in [3.05, 3.63) is 87.3 Å². The minimum atomic E-state index is -4.99. The summed E-state index contributed by atoms with van der Waals surface area (Å²) in [5.41, 5.74) is -6.50. The molecule has 5 rings (SSSR count). The van der Waals surface area contributed by atoms with Crippen LogP contribution in [0.1, 0.15) is 56.9 Å². The first-order valence-corrected chi connectivity index (χ1v) is 14.6. The molecule has 0 bridgehead atoms. The number of hydrogen-bond acceptors (Lipinski definition) is 5. The molecule has 0 saturated heterocycles. The van der Waals surface area contributed by atoms with Gasteiger partial charge in [-0.25, -0.2) is 25.5 Å². The maximum absolute atomic E-state index is 13.6. The second-order valence-corrected chi connectivity index (χ2v) is 11.7. The molecule has 0 aliphatic carbocycles. The van der Waals surface area contributed by atoms with Gasteiger partial charge in [-0.3, -0.25) is 0 Å². The Hall–Kier alpha value is -4.36. The second-order valence-electron chi connectivity index (χ2n) is 11.7. The van der Waals surface area contributed by atoms with Gasteiger partial charge in [0, 0.05) is 0 Å². The van der Waals surface area contributed by atoms with Crippen LogP contribution in [0.15, 0.2) is 30.3 Å². The number of rotatable bonds is 5. The van der Waals surface area contributed by atoms with E-state index in [2.05, 4.69) is 25.5 Å². The fraction of sp³-hybridized carbons (Fsp3) is 0.400. The van der Waals surface area contributed by atoms with Crippen molar-refractivity contribution in [2.75, 3.05) is 0 Å². The Morgan fingerprint density at radius 3 is 1.04 bits per heavy atom. The molecule has 0 aromatic carbocycles. The van der Waals surface area contributed by atoms with Crippen molar-refractivity contribution in [1.82, 2.24) is 48.5 Å². The van der Waals surface area contributed by atoms with Crippen LogP contribution in [0.3, 0.4) is 0 Å². The van der Waals surface area contributed by atoms with Crippen molar-refractivity contribution in [3.8, 4) is 0 Å². The Morgan fingerprint density at radius 1 is 0.434 bits per heavy atom. The van der Waals surface area contributed by atoms with Crippen LogP contribution in [-0.2, 0) is 47.7 Å². The molecule has 0 N–H and O–H groups in total. The molecule has 0 aliphatic rings. The first-order valence-electron chi connectivity index (χ1n) is 14.6. The topological polar surface area (TPSA) is 89.1 Å². The SMILES string of the molecule is Cc1cc(C(F)(F)F)n([BH-](n2nc(C(F)(F)F)cc2C)n2nc(C(F)(F)F)cc2C)n1.Cc1cc(C(F)(F)F)nn1[BH2-]n1nc(C(F)(F)F)cc1C.[Co+2]. The van der Waals surface area contributed by atoms with Gasteiger partial charge in [-0.15, -0.1) is 0 Å². The molecular formula is C25H23B2CoF15N10. The molecule has 5 aromatic heterocycles. The Bertz CT molecular complexity index is 1930. The minimum absolute atomic E-state index is 0. The Labute approximate surface area is 298 Å². The van der Waals surface area contributed by atoms with E-state index in [1.165, 1.54) is 20.8 Å². The van der Waals surface area contributed by atoms with Gasteiger partial charge in [0.25, 0.3) is 0 Å². The maximum atomic E-state index is 13.6. The zero-order valence-electron chi connectivity index (χ0n) is 27.6. The Morgan fingerprint density at radius 2 is 0.755 bits per heavy atom. The van der Waals surface area contributed by atoms with Gasteiger partial charge in [-0.05, 0) is 87.7 Å². The smallest absolute Gasteiger partial charge is 0.426 e. The molecule has 28 heteroatoms. The van der Waals surface area contributed by atoms with Crippen LogP contribution in [0.25, 0.3) is 0 Å². The van der Waals surface area contributed by atoms with E-state index in [1.807, 2.05) is 0 Å². The summed E-state index contributed by atoms with van der Waals surface area (Å²) >= 11 is 0. The van der Waals surface area contributed by atoms with E-state index < -0.39 is 74.0 Å². The van der Waals surface area contributed by atoms with Crippen LogP contribution < -0.4 is 0 Å². The third-order valence-corrected chi connectivity index (χ3v) is 7.73. The monoisotopic (exact) mass is 829 g/mol. The second kappa shape index (κ2) is 14.5. The summed E-state index contributed by atoms with van der Waals surface area (Å²) in [5, 5.41) is 17.2. The van der Waals surface area contributed by atoms with Gasteiger partial charge in [0.2, 0.25) is 0 Å². The van der Waals surface area contributed by atoms with Crippen molar-refractivity contribution < 1.29 is 82.6 Å². The number of alkyl halides is 15. The summed E-state index contributed by atoms with van der Waals surface area (Å²) in [6.45, 7) is 6.30. The normalized spacial score (nSPS) is 13.0. The van der Waals surface area contributed by atoms with E-state index in [4.69, 9.17) is 0 Å². The van der Waals surface area contributed by atoms with Crippen molar-refractivity contribution in [2.45, 2.75) is 65.5 Å². The average Bonchev–Trinajstić information content (AvgIpc) is 3.78. The predicted octanol–water partition coefficient (Wildman–Crippen LogP) is 6.05. The molecule has 0 amide bonds. The number of halogens is 15. The molecule has 5 heterocycles. The van der Waals surface area contributed by atoms with E-state index in [0.29, 0.717) is 32.0 Å². The van der Waals surface area contributed by atoms with E-state index >= 15 is 0 Å². The molecule has 0 fully saturated rings. The summed E-state index contributed by atoms with van der Waals surface area (Å²) in [5.74, 6) is 0. The Kier molecular flexibility index (Phi) is 11.7. The summed E-state index contributed by atoms with van der Waals surface area (Å²) < 4.78 is 198. The third-order valence-electron chi connectivity index (χ3n) is 7.73. The summed E-state index contributed by atoms with van der Waals surface area (Å²) in [6.07, 6.45) is -24.0. The molecule has 5 aromatic rings. The quantitative estimate of drug-likeness (QED) is 0.159. The van der Waals surface area contributed by atoms with Crippen molar-refractivity contribution in [2.24, 2.45) is 0 Å². The van der Waals surface area contributed by atoms with Gasteiger partial charge in [-0.2, -0.15) is 65.9 Å². The van der Waals surface area contributed by atoms with Gasteiger partial charge >= 0.3 is 54.8 Å². The zero-order chi connectivity index (χ0) is 39.5. The van der Waals surface area contributed by atoms with Crippen molar-refractivity contribution in [1.29, 1.82) is 0 Å². The summed E-state index contributed by atoms with van der Waals surface area (Å²) in [4.78, 5) is 0. The van der Waals surface area contributed by atoms with Crippen molar-refractivity contribution in [3.63, 3.8) is 0 Å². The maximum Gasteiger partial charge on any atom is 2.00 e. The molecule has 10 nitrogen and oxygen atoms in total. The van der Waals surface area contributed by atoms with Gasteiger partial charge in [-0.1, -0.05) is 0 Å². The first-order chi connectivity index (χ1) is 23.5. The molecule has 0 saturated carbocycles. The largest absolute Gasteiger partial charge is 2.00 e. The van der Waals surface area contributed by atoms with Gasteiger partial charge in [0.05, 0.1) is 5.69 Å². The third kappa shape index (κ3) is 9.60. The average molecular weight is 829 g/mol. The molecule has 293 valence electrons. The van der Waals surface area contributed by atoms with Gasteiger partial charge in [0.15, 0.2) is 30.3 Å². The van der Waals surface area contributed by atoms with Gasteiger partial charge < -0.3 is 23.0 Å². The zero-order valence-corrected chi connectivity index (χ0v) is 28.6. The van der Waals surface area contributed by atoms with Crippen LogP contribution in [0, 0.1) is 34.6 Å². The van der Waals surface area contributed by atoms with E-state index in [9.17, 15) is 65.9 Å². The minimum Gasteiger partial charge on any atom is -0.426 e. The Balaban J connectivity index is 0.000000301. The van der Waals surface area contributed by atoms with E-state index in [0.717, 1.165) is 35.2 Å². The van der Waals surface area contributed by atoms with Crippen LogP contribution >= 0.6 is 0 Å². The number of aryl methyl sites for hydroxylation is 5. The molecule has 0 unspecified atom stereocenters. The molecular weight excluding hydrogens is 806 g/mol. The molecule has 0 atom stereocenters.